The first-order valence-corrected chi connectivity index (χ1v) is 14.1. The molecule has 6 aliphatic rings. The Labute approximate surface area is 205 Å². The lowest BCUT2D eigenvalue weighted by Gasteiger charge is -2.61. The molecule has 0 bridgehead atoms. The number of ether oxygens (including phenoxy) is 1. The third-order valence-corrected chi connectivity index (χ3v) is 13.0. The van der Waals surface area contributed by atoms with Crippen LogP contribution >= 0.6 is 0 Å². The first kappa shape index (κ1) is 24.2. The minimum absolute atomic E-state index is 0.0153. The molecule has 2 spiro atoms. The molecule has 6 fully saturated rings. The standard InChI is InChI=1S/C29H48O5/c1-24(2)20(32)7-10-29-15-28(29)12-11-26(5)16(17(28)14-18(30)22(24)29)13-19(31)23(26)27(6)9-8-21(34-27)25(3,4)33/h16-23,30-33H,7-15H2,1-6H3/t16-,17-,18-,19?,20?,21?,22?,23?,26-,27?,28?,29?/m0/s1. The van der Waals surface area contributed by atoms with Gasteiger partial charge in [0, 0.05) is 5.92 Å². The molecule has 0 aromatic carbocycles. The molecule has 0 radical (unpaired) electrons. The van der Waals surface area contributed by atoms with Crippen molar-refractivity contribution >= 4 is 0 Å². The third-order valence-electron chi connectivity index (χ3n) is 13.0. The van der Waals surface area contributed by atoms with Crippen LogP contribution in [0.2, 0.25) is 0 Å². The van der Waals surface area contributed by atoms with Crippen LogP contribution < -0.4 is 0 Å². The second kappa shape index (κ2) is 6.81. The highest BCUT2D eigenvalue weighted by Crippen LogP contribution is 2.87. The van der Waals surface area contributed by atoms with Gasteiger partial charge in [-0.3, -0.25) is 0 Å². The van der Waals surface area contributed by atoms with Crippen LogP contribution in [0.25, 0.3) is 0 Å². The van der Waals surface area contributed by atoms with Gasteiger partial charge in [0.2, 0.25) is 0 Å². The fourth-order valence-electron chi connectivity index (χ4n) is 11.7. The molecule has 0 aromatic rings. The topological polar surface area (TPSA) is 90.2 Å². The molecule has 34 heavy (non-hydrogen) atoms. The smallest absolute Gasteiger partial charge is 0.0865 e. The van der Waals surface area contributed by atoms with Gasteiger partial charge in [-0.15, -0.1) is 0 Å². The number of rotatable bonds is 2. The first-order chi connectivity index (χ1) is 15.6. The zero-order valence-corrected chi connectivity index (χ0v) is 22.2. The van der Waals surface area contributed by atoms with E-state index in [1.54, 1.807) is 0 Å². The van der Waals surface area contributed by atoms with Gasteiger partial charge < -0.3 is 25.2 Å². The summed E-state index contributed by atoms with van der Waals surface area (Å²) in [5.74, 6) is 1.07. The molecule has 8 unspecified atom stereocenters. The van der Waals surface area contributed by atoms with Crippen molar-refractivity contribution in [3.8, 4) is 0 Å². The molecule has 6 rings (SSSR count). The summed E-state index contributed by atoms with van der Waals surface area (Å²) in [7, 11) is 0. The largest absolute Gasteiger partial charge is 0.393 e. The van der Waals surface area contributed by atoms with Gasteiger partial charge >= 0.3 is 0 Å². The lowest BCUT2D eigenvalue weighted by atomic mass is 9.45. The second-order valence-electron chi connectivity index (χ2n) is 15.3. The van der Waals surface area contributed by atoms with Crippen molar-refractivity contribution in [2.24, 2.45) is 45.3 Å². The zero-order chi connectivity index (χ0) is 24.7. The Kier molecular flexibility index (Phi) is 4.84. The minimum atomic E-state index is -0.876. The quantitative estimate of drug-likeness (QED) is 0.483. The molecular weight excluding hydrogens is 428 g/mol. The number of hydrogen-bond acceptors (Lipinski definition) is 5. The zero-order valence-electron chi connectivity index (χ0n) is 22.2. The number of aliphatic hydroxyl groups excluding tert-OH is 3. The summed E-state index contributed by atoms with van der Waals surface area (Å²) in [5.41, 5.74) is -1.12. The Morgan fingerprint density at radius 3 is 2.06 bits per heavy atom. The van der Waals surface area contributed by atoms with Gasteiger partial charge in [-0.2, -0.15) is 0 Å². The van der Waals surface area contributed by atoms with Gasteiger partial charge in [0.25, 0.3) is 0 Å². The highest BCUT2D eigenvalue weighted by molar-refractivity contribution is 5.31. The van der Waals surface area contributed by atoms with Crippen molar-refractivity contribution in [1.29, 1.82) is 0 Å². The van der Waals surface area contributed by atoms with Gasteiger partial charge in [-0.05, 0) is 118 Å². The molecule has 1 aliphatic heterocycles. The fourth-order valence-corrected chi connectivity index (χ4v) is 11.7. The van der Waals surface area contributed by atoms with Crippen molar-refractivity contribution < 1.29 is 25.2 Å². The Balaban J connectivity index is 1.32. The molecule has 1 heterocycles. The van der Waals surface area contributed by atoms with E-state index in [1.807, 2.05) is 13.8 Å². The third kappa shape index (κ3) is 2.75. The summed E-state index contributed by atoms with van der Waals surface area (Å²) < 4.78 is 6.61. The first-order valence-electron chi connectivity index (χ1n) is 14.1. The highest BCUT2D eigenvalue weighted by atomic mass is 16.5. The predicted molar refractivity (Wildman–Crippen MR) is 130 cm³/mol. The van der Waals surface area contributed by atoms with Crippen LogP contribution in [0.3, 0.4) is 0 Å². The van der Waals surface area contributed by atoms with Crippen molar-refractivity contribution in [3.05, 3.63) is 0 Å². The highest BCUT2D eigenvalue weighted by Gasteiger charge is 2.82. The summed E-state index contributed by atoms with van der Waals surface area (Å²) in [5, 5.41) is 44.6. The molecule has 4 N–H and O–H groups in total. The van der Waals surface area contributed by atoms with Gasteiger partial charge in [-0.1, -0.05) is 20.8 Å². The SMILES string of the molecule is CC(C)(O)C1CCC(C)(C2C(O)C[C@H]3[C@@H]4C[C@H](O)C5C(C)(C)C(O)CCC56CC46CC[C@]23C)O1. The fraction of sp³-hybridized carbons (Fsp3) is 1.00. The number of hydrogen-bond donors (Lipinski definition) is 4. The van der Waals surface area contributed by atoms with Crippen LogP contribution in [0.4, 0.5) is 0 Å². The van der Waals surface area contributed by atoms with E-state index < -0.39 is 17.3 Å². The number of aliphatic hydroxyl groups is 4. The molecule has 5 aliphatic carbocycles. The maximum Gasteiger partial charge on any atom is 0.0865 e. The average Bonchev–Trinajstić information content (AvgIpc) is 3.01. The van der Waals surface area contributed by atoms with E-state index in [0.717, 1.165) is 44.9 Å². The van der Waals surface area contributed by atoms with E-state index in [0.29, 0.717) is 11.8 Å². The van der Waals surface area contributed by atoms with Gasteiger partial charge in [0.1, 0.15) is 0 Å². The number of fused-ring (bicyclic) bond motifs is 2. The molecule has 0 amide bonds. The molecular formula is C29H48O5. The Bertz CT molecular complexity index is 865. The van der Waals surface area contributed by atoms with Crippen LogP contribution in [-0.4, -0.2) is 56.0 Å². The predicted octanol–water partition coefficient (Wildman–Crippen LogP) is 4.05. The Hall–Kier alpha value is -0.200. The monoisotopic (exact) mass is 476 g/mol. The summed E-state index contributed by atoms with van der Waals surface area (Å²) in [4.78, 5) is 0. The molecule has 12 atom stereocenters. The lowest BCUT2D eigenvalue weighted by Crippen LogP contribution is -2.59. The van der Waals surface area contributed by atoms with E-state index in [1.165, 1.54) is 12.8 Å². The summed E-state index contributed by atoms with van der Waals surface area (Å²) >= 11 is 0. The maximum atomic E-state index is 11.6. The van der Waals surface area contributed by atoms with E-state index in [9.17, 15) is 20.4 Å². The molecule has 5 heteroatoms. The molecule has 194 valence electrons. The van der Waals surface area contributed by atoms with Gasteiger partial charge in [0.05, 0.1) is 35.6 Å². The van der Waals surface area contributed by atoms with Crippen LogP contribution in [0.1, 0.15) is 99.3 Å². The summed E-state index contributed by atoms with van der Waals surface area (Å²) in [6.45, 7) is 12.6. The van der Waals surface area contributed by atoms with Crippen molar-refractivity contribution in [2.75, 3.05) is 0 Å². The average molecular weight is 477 g/mol. The molecule has 1 saturated heterocycles. The van der Waals surface area contributed by atoms with E-state index in [2.05, 4.69) is 27.7 Å². The van der Waals surface area contributed by atoms with Crippen LogP contribution in [-0.2, 0) is 4.74 Å². The Morgan fingerprint density at radius 1 is 0.765 bits per heavy atom. The summed E-state index contributed by atoms with van der Waals surface area (Å²) in [6.07, 6.45) is 7.40. The van der Waals surface area contributed by atoms with Crippen molar-refractivity contribution in [1.82, 2.24) is 0 Å². The van der Waals surface area contributed by atoms with E-state index >= 15 is 0 Å². The van der Waals surface area contributed by atoms with Crippen LogP contribution in [0, 0.1) is 45.3 Å². The lowest BCUT2D eigenvalue weighted by molar-refractivity contribution is -0.193. The van der Waals surface area contributed by atoms with Crippen molar-refractivity contribution in [3.63, 3.8) is 0 Å². The van der Waals surface area contributed by atoms with Crippen LogP contribution in [0.15, 0.2) is 0 Å². The van der Waals surface area contributed by atoms with Gasteiger partial charge in [0.15, 0.2) is 0 Å². The molecule has 5 nitrogen and oxygen atoms in total. The normalized spacial score (nSPS) is 60.2. The minimum Gasteiger partial charge on any atom is -0.393 e. The Morgan fingerprint density at radius 2 is 1.41 bits per heavy atom. The van der Waals surface area contributed by atoms with E-state index in [4.69, 9.17) is 4.74 Å². The van der Waals surface area contributed by atoms with Gasteiger partial charge in [-0.25, -0.2) is 0 Å². The molecule has 5 saturated carbocycles. The second-order valence-corrected chi connectivity index (χ2v) is 15.3. The maximum absolute atomic E-state index is 11.6. The molecule has 0 aromatic heterocycles. The van der Waals surface area contributed by atoms with E-state index in [-0.39, 0.29) is 51.8 Å². The summed E-state index contributed by atoms with van der Waals surface area (Å²) in [6, 6.07) is 0. The van der Waals surface area contributed by atoms with Crippen molar-refractivity contribution in [2.45, 2.75) is 135 Å². The van der Waals surface area contributed by atoms with Crippen LogP contribution in [0.5, 0.6) is 0 Å².